The van der Waals surface area contributed by atoms with E-state index >= 15 is 0 Å². The van der Waals surface area contributed by atoms with Gasteiger partial charge in [-0.2, -0.15) is 0 Å². The first-order chi connectivity index (χ1) is 19.9. The first kappa shape index (κ1) is 27.7. The van der Waals surface area contributed by atoms with Crippen LogP contribution in [0.4, 0.5) is 10.3 Å². The number of carbonyl (C=O) groups excluding carboxylic acids is 2. The van der Waals surface area contributed by atoms with Crippen molar-refractivity contribution in [3.8, 4) is 0 Å². The van der Waals surface area contributed by atoms with Gasteiger partial charge in [0.05, 0.1) is 12.1 Å². The lowest BCUT2D eigenvalue weighted by molar-refractivity contribution is -0.136. The minimum atomic E-state index is -0.611. The Morgan fingerprint density at radius 2 is 1.98 bits per heavy atom. The molecule has 2 aromatic heterocycles. The molecule has 1 aromatic carbocycles. The minimum Gasteiger partial charge on any atom is -0.360 e. The van der Waals surface area contributed by atoms with Gasteiger partial charge in [-0.15, -0.1) is 0 Å². The van der Waals surface area contributed by atoms with Crippen molar-refractivity contribution in [3.63, 3.8) is 0 Å². The second kappa shape index (κ2) is 11.4. The number of likely N-dealkylation sites (tertiary alicyclic amines) is 1. The van der Waals surface area contributed by atoms with Crippen LogP contribution in [-0.4, -0.2) is 69.9 Å². The number of nitrogens with one attached hydrogen (secondary N) is 3. The Kier molecular flexibility index (Phi) is 7.70. The number of nitrogens with zero attached hydrogens (tertiary/aromatic N) is 4. The third kappa shape index (κ3) is 5.19. The third-order valence-electron chi connectivity index (χ3n) is 8.86. The van der Waals surface area contributed by atoms with Crippen LogP contribution >= 0.6 is 11.6 Å². The number of aromatic amines is 1. The Morgan fingerprint density at radius 1 is 1.17 bits per heavy atom. The summed E-state index contributed by atoms with van der Waals surface area (Å²) < 4.78 is 14.0. The van der Waals surface area contributed by atoms with E-state index in [-0.39, 0.29) is 29.6 Å². The molecule has 41 heavy (non-hydrogen) atoms. The van der Waals surface area contributed by atoms with E-state index in [4.69, 9.17) is 11.6 Å². The van der Waals surface area contributed by atoms with Crippen LogP contribution in [0, 0.1) is 11.7 Å². The number of H-pyrrole nitrogens is 1. The molecule has 0 bridgehead atoms. The van der Waals surface area contributed by atoms with Crippen molar-refractivity contribution in [1.29, 1.82) is 0 Å². The van der Waals surface area contributed by atoms with Crippen LogP contribution in [0.1, 0.15) is 51.0 Å². The van der Waals surface area contributed by atoms with Gasteiger partial charge in [0.15, 0.2) is 0 Å². The topological polar surface area (TPSA) is 106 Å². The highest BCUT2D eigenvalue weighted by Crippen LogP contribution is 2.43. The molecule has 0 spiro atoms. The second-order valence-corrected chi connectivity index (χ2v) is 11.6. The zero-order chi connectivity index (χ0) is 28.7. The van der Waals surface area contributed by atoms with Crippen molar-refractivity contribution < 1.29 is 14.0 Å². The number of fused-ring (bicyclic) bond motifs is 2. The molecule has 3 atom stereocenters. The molecule has 4 heterocycles. The summed E-state index contributed by atoms with van der Waals surface area (Å²) in [6, 6.07) is 5.16. The monoisotopic (exact) mass is 579 g/mol. The van der Waals surface area contributed by atoms with Crippen molar-refractivity contribution in [1.82, 2.24) is 30.5 Å². The van der Waals surface area contributed by atoms with Crippen molar-refractivity contribution in [2.75, 3.05) is 25.0 Å². The number of hydrogen-bond acceptors (Lipinski definition) is 6. The molecule has 2 amide bonds. The first-order valence-electron chi connectivity index (χ1n) is 14.4. The highest BCUT2D eigenvalue weighted by molar-refractivity contribution is 6.29. The largest absolute Gasteiger partial charge is 0.360 e. The fourth-order valence-corrected chi connectivity index (χ4v) is 6.75. The van der Waals surface area contributed by atoms with E-state index in [1.54, 1.807) is 32.3 Å². The number of likely N-dealkylation sites (N-methyl/N-ethyl adjacent to an activating group) is 1. The summed E-state index contributed by atoms with van der Waals surface area (Å²) in [5.41, 5.74) is 3.44. The molecule has 11 heteroatoms. The fraction of sp³-hybridized carbons (Fsp3) is 0.467. The van der Waals surface area contributed by atoms with E-state index in [1.165, 1.54) is 12.1 Å². The van der Waals surface area contributed by atoms with E-state index in [0.717, 1.165) is 54.3 Å². The van der Waals surface area contributed by atoms with Gasteiger partial charge in [0, 0.05) is 53.2 Å². The Balaban J connectivity index is 1.42. The number of carbonyl (C=O) groups is 2. The number of benzene rings is 1. The van der Waals surface area contributed by atoms with Gasteiger partial charge in [0.1, 0.15) is 17.0 Å². The molecule has 0 radical (unpaired) electrons. The Labute approximate surface area is 243 Å². The number of rotatable bonds is 7. The van der Waals surface area contributed by atoms with Crippen LogP contribution < -0.4 is 15.5 Å². The van der Waals surface area contributed by atoms with Gasteiger partial charge in [-0.1, -0.05) is 30.9 Å². The summed E-state index contributed by atoms with van der Waals surface area (Å²) >= 11 is 6.25. The first-order valence-corrected chi connectivity index (χ1v) is 14.8. The van der Waals surface area contributed by atoms with Gasteiger partial charge < -0.3 is 25.4 Å². The Bertz CT molecular complexity index is 1500. The maximum absolute atomic E-state index is 14.5. The van der Waals surface area contributed by atoms with Crippen molar-refractivity contribution in [2.45, 2.75) is 63.6 Å². The molecule has 2 aliphatic heterocycles. The number of aromatic nitrogens is 3. The van der Waals surface area contributed by atoms with E-state index in [0.29, 0.717) is 36.1 Å². The zero-order valence-electron chi connectivity index (χ0n) is 23.3. The van der Waals surface area contributed by atoms with E-state index in [1.807, 2.05) is 11.1 Å². The van der Waals surface area contributed by atoms with Crippen LogP contribution in [0.2, 0.25) is 5.15 Å². The Morgan fingerprint density at radius 3 is 2.73 bits per heavy atom. The van der Waals surface area contributed by atoms with Gasteiger partial charge in [-0.3, -0.25) is 9.59 Å². The number of hydrogen-bond donors (Lipinski definition) is 3. The molecule has 1 saturated carbocycles. The highest BCUT2D eigenvalue weighted by atomic mass is 35.5. The minimum absolute atomic E-state index is 0.0803. The molecule has 1 aliphatic carbocycles. The summed E-state index contributed by atoms with van der Waals surface area (Å²) in [4.78, 5) is 43.7. The Hall–Kier alpha value is -3.50. The predicted octanol–water partition coefficient (Wildman–Crippen LogP) is 4.26. The van der Waals surface area contributed by atoms with Crippen molar-refractivity contribution in [3.05, 3.63) is 58.9 Å². The normalized spacial score (nSPS) is 20.9. The molecular weight excluding hydrogens is 545 g/mol. The molecule has 6 rings (SSSR count). The SMILES string of the molecule is CNC(C)C(=O)NC(C(=O)N1CCC2C1=C(c1c[nH]c3cc(F)ccc13)CN2c1nccc(Cl)n1)C1CCCCC1. The van der Waals surface area contributed by atoms with E-state index in [9.17, 15) is 14.0 Å². The summed E-state index contributed by atoms with van der Waals surface area (Å²) in [6.45, 7) is 2.77. The number of amides is 2. The predicted molar refractivity (Wildman–Crippen MR) is 157 cm³/mol. The molecule has 3 aliphatic rings. The maximum atomic E-state index is 14.5. The van der Waals surface area contributed by atoms with Crippen LogP contribution in [0.25, 0.3) is 16.5 Å². The molecular formula is C30H35ClFN7O2. The smallest absolute Gasteiger partial charge is 0.249 e. The van der Waals surface area contributed by atoms with E-state index in [2.05, 4.69) is 30.5 Å². The highest BCUT2D eigenvalue weighted by Gasteiger charge is 2.47. The lowest BCUT2D eigenvalue weighted by atomic mass is 9.83. The number of anilines is 1. The summed E-state index contributed by atoms with van der Waals surface area (Å²) in [7, 11) is 1.74. The summed E-state index contributed by atoms with van der Waals surface area (Å²) in [5.74, 6) is -0.00241. The standard InChI is InChI=1S/C30H35ClFN7O2/c1-17(33-2)28(40)37-26(18-6-4-3-5-7-18)29(41)38-13-11-24-27(38)22(16-39(24)30-34-12-10-25(31)36-30)21-15-35-23-14-19(32)8-9-20(21)23/h8-10,12,14-15,17-18,24,26,33,35H,3-7,11,13,16H2,1-2H3,(H,37,40). The molecule has 2 fully saturated rings. The van der Waals surface area contributed by atoms with Crippen LogP contribution in [0.15, 0.2) is 42.4 Å². The molecule has 3 aromatic rings. The average Bonchev–Trinajstić information content (AvgIpc) is 3.69. The van der Waals surface area contributed by atoms with Gasteiger partial charge in [-0.05, 0) is 63.4 Å². The number of halogens is 2. The maximum Gasteiger partial charge on any atom is 0.249 e. The van der Waals surface area contributed by atoms with Crippen LogP contribution in [0.5, 0.6) is 0 Å². The lowest BCUT2D eigenvalue weighted by Crippen LogP contribution is -2.55. The molecule has 3 N–H and O–H groups in total. The van der Waals surface area contributed by atoms with Gasteiger partial charge >= 0.3 is 0 Å². The van der Waals surface area contributed by atoms with Gasteiger partial charge in [0.2, 0.25) is 17.8 Å². The van der Waals surface area contributed by atoms with Crippen molar-refractivity contribution in [2.24, 2.45) is 5.92 Å². The zero-order valence-corrected chi connectivity index (χ0v) is 24.0. The summed E-state index contributed by atoms with van der Waals surface area (Å²) in [5, 5.41) is 7.32. The lowest BCUT2D eigenvalue weighted by Gasteiger charge is -2.34. The third-order valence-corrected chi connectivity index (χ3v) is 9.07. The molecule has 216 valence electrons. The second-order valence-electron chi connectivity index (χ2n) is 11.3. The molecule has 9 nitrogen and oxygen atoms in total. The summed E-state index contributed by atoms with van der Waals surface area (Å²) in [6.07, 6.45) is 9.26. The molecule has 3 unspecified atom stereocenters. The van der Waals surface area contributed by atoms with Crippen LogP contribution in [-0.2, 0) is 9.59 Å². The van der Waals surface area contributed by atoms with Gasteiger partial charge in [0.25, 0.3) is 0 Å². The average molecular weight is 580 g/mol. The van der Waals surface area contributed by atoms with Crippen molar-refractivity contribution >= 4 is 45.8 Å². The van der Waals surface area contributed by atoms with Gasteiger partial charge in [-0.25, -0.2) is 14.4 Å². The fourth-order valence-electron chi connectivity index (χ4n) is 6.62. The van der Waals surface area contributed by atoms with Crippen LogP contribution in [0.3, 0.4) is 0 Å². The quantitative estimate of drug-likeness (QED) is 0.361. The van der Waals surface area contributed by atoms with E-state index < -0.39 is 12.1 Å². The molecule has 1 saturated heterocycles.